The molecule has 2 heterocycles. The summed E-state index contributed by atoms with van der Waals surface area (Å²) in [5, 5.41) is 9.14. The quantitative estimate of drug-likeness (QED) is 0.631. The molecule has 8 nitrogen and oxygen atoms in total. The number of nitrogens with zero attached hydrogens (tertiary/aromatic N) is 4. The van der Waals surface area contributed by atoms with Gasteiger partial charge in [0, 0.05) is 19.2 Å². The van der Waals surface area contributed by atoms with E-state index >= 15 is 0 Å². The van der Waals surface area contributed by atoms with Crippen molar-refractivity contribution < 1.29 is 27.4 Å². The molecule has 148 valence electrons. The van der Waals surface area contributed by atoms with Crippen molar-refractivity contribution >= 4 is 23.3 Å². The van der Waals surface area contributed by atoms with Gasteiger partial charge in [-0.2, -0.15) is 13.2 Å². The Morgan fingerprint density at radius 3 is 2.46 bits per heavy atom. The molecule has 1 N–H and O–H groups in total. The van der Waals surface area contributed by atoms with Crippen LogP contribution in [0.5, 0.6) is 17.5 Å². The molecule has 0 aliphatic rings. The van der Waals surface area contributed by atoms with Crippen LogP contribution in [0.25, 0.3) is 5.69 Å². The Labute approximate surface area is 161 Å². The topological polar surface area (TPSA) is 99.2 Å². The summed E-state index contributed by atoms with van der Waals surface area (Å²) >= 11 is 6.44. The third-order valence-electron chi connectivity index (χ3n) is 3.50. The van der Waals surface area contributed by atoms with Crippen LogP contribution >= 0.6 is 23.3 Å². The van der Waals surface area contributed by atoms with Crippen molar-refractivity contribution in [2.45, 2.75) is 6.18 Å². The summed E-state index contributed by atoms with van der Waals surface area (Å²) in [5.41, 5.74) is -5.06. The summed E-state index contributed by atoms with van der Waals surface area (Å²) in [7, 11) is 0.783. The van der Waals surface area contributed by atoms with E-state index in [0.29, 0.717) is 17.8 Å². The highest BCUT2D eigenvalue weighted by Crippen LogP contribution is 2.35. The molecule has 0 atom stereocenters. The number of hydrogen-bond donors (Lipinski definition) is 1. The van der Waals surface area contributed by atoms with Crippen molar-refractivity contribution in [2.75, 3.05) is 0 Å². The molecule has 14 heteroatoms. The largest absolute Gasteiger partial charge is 0.489 e. The lowest BCUT2D eigenvalue weighted by Gasteiger charge is -2.15. The number of rotatable bonds is 3. The van der Waals surface area contributed by atoms with Gasteiger partial charge < -0.3 is 9.84 Å². The third-order valence-corrected chi connectivity index (χ3v) is 4.30. The lowest BCUT2D eigenvalue weighted by molar-refractivity contribution is -0.144. The number of ether oxygens (including phenoxy) is 1. The highest BCUT2D eigenvalue weighted by atomic mass is 35.5. The van der Waals surface area contributed by atoms with Crippen LogP contribution < -0.4 is 16.0 Å². The van der Waals surface area contributed by atoms with Crippen molar-refractivity contribution in [1.29, 1.82) is 0 Å². The zero-order valence-corrected chi connectivity index (χ0v) is 15.1. The van der Waals surface area contributed by atoms with Gasteiger partial charge in [0.1, 0.15) is 11.5 Å². The molecule has 0 unspecified atom stereocenters. The number of aromatic nitrogens is 4. The lowest BCUT2D eigenvalue weighted by Crippen LogP contribution is -2.41. The summed E-state index contributed by atoms with van der Waals surface area (Å²) in [4.78, 5) is 24.4. The Kier molecular flexibility index (Phi) is 4.89. The van der Waals surface area contributed by atoms with E-state index < -0.39 is 40.5 Å². The fourth-order valence-electron chi connectivity index (χ4n) is 2.23. The molecule has 0 fully saturated rings. The van der Waals surface area contributed by atoms with Crippen molar-refractivity contribution in [3.05, 3.63) is 55.6 Å². The fourth-order valence-corrected chi connectivity index (χ4v) is 2.81. The Morgan fingerprint density at radius 2 is 1.89 bits per heavy atom. The Bertz CT molecular complexity index is 1190. The predicted molar refractivity (Wildman–Crippen MR) is 88.9 cm³/mol. The normalized spacial score (nSPS) is 11.6. The minimum Gasteiger partial charge on any atom is -0.489 e. The highest BCUT2D eigenvalue weighted by Gasteiger charge is 2.35. The predicted octanol–water partition coefficient (Wildman–Crippen LogP) is 2.70. The number of hydrogen-bond acceptors (Lipinski definition) is 7. The number of alkyl halides is 3. The zero-order valence-electron chi connectivity index (χ0n) is 13.5. The van der Waals surface area contributed by atoms with Gasteiger partial charge in [0.05, 0.1) is 22.4 Å². The second-order valence-corrected chi connectivity index (χ2v) is 6.21. The van der Waals surface area contributed by atoms with Crippen LogP contribution in [0, 0.1) is 5.82 Å². The first-order valence-corrected chi connectivity index (χ1v) is 8.20. The molecule has 0 saturated heterocycles. The van der Waals surface area contributed by atoms with Gasteiger partial charge in [-0.05, 0) is 6.07 Å². The van der Waals surface area contributed by atoms with Crippen molar-refractivity contribution in [2.24, 2.45) is 7.05 Å². The molecule has 0 aliphatic heterocycles. The molecular weight excluding hydrogens is 432 g/mol. The summed E-state index contributed by atoms with van der Waals surface area (Å²) in [6.45, 7) is 0. The van der Waals surface area contributed by atoms with Gasteiger partial charge in [0.25, 0.3) is 17.3 Å². The van der Waals surface area contributed by atoms with Gasteiger partial charge in [-0.15, -0.1) is 8.75 Å². The van der Waals surface area contributed by atoms with E-state index in [1.807, 2.05) is 0 Å². The molecule has 1 aromatic carbocycles. The van der Waals surface area contributed by atoms with E-state index in [1.54, 1.807) is 0 Å². The molecule has 0 radical (unpaired) electrons. The van der Waals surface area contributed by atoms with Crippen molar-refractivity contribution in [3.63, 3.8) is 0 Å². The maximum absolute atomic E-state index is 14.4. The molecule has 0 spiro atoms. The SMILES string of the molecule is Cn1c(C(F)(F)F)cc(=O)n(-c2cc(Oc3nsnc3O)c(Cl)cc2F)c1=O. The van der Waals surface area contributed by atoms with E-state index in [-0.39, 0.29) is 31.9 Å². The van der Waals surface area contributed by atoms with Crippen LogP contribution in [-0.2, 0) is 13.2 Å². The first-order chi connectivity index (χ1) is 13.0. The standard InChI is InChI=1S/C14H7ClF4N4O4S/c1-22-9(14(17,18)19)4-10(24)23(13(22)26)7-3-8(5(15)2-6(7)16)27-12-11(25)20-28-21-12/h2-4H,1H3,(H,20,25). The van der Waals surface area contributed by atoms with Crippen LogP contribution in [0.1, 0.15) is 5.69 Å². The second kappa shape index (κ2) is 6.91. The van der Waals surface area contributed by atoms with E-state index in [2.05, 4.69) is 8.75 Å². The molecule has 3 rings (SSSR count). The molecule has 0 bridgehead atoms. The zero-order chi connectivity index (χ0) is 20.8. The average Bonchev–Trinajstić information content (AvgIpc) is 2.99. The minimum atomic E-state index is -4.96. The Balaban J connectivity index is 2.21. The highest BCUT2D eigenvalue weighted by molar-refractivity contribution is 6.99. The molecule has 28 heavy (non-hydrogen) atoms. The van der Waals surface area contributed by atoms with Crippen LogP contribution in [0.4, 0.5) is 17.6 Å². The van der Waals surface area contributed by atoms with Crippen molar-refractivity contribution in [1.82, 2.24) is 17.9 Å². The van der Waals surface area contributed by atoms with Gasteiger partial charge >= 0.3 is 11.9 Å². The van der Waals surface area contributed by atoms with Gasteiger partial charge in [-0.25, -0.2) is 13.8 Å². The van der Waals surface area contributed by atoms with E-state index in [1.165, 1.54) is 0 Å². The third kappa shape index (κ3) is 3.45. The van der Waals surface area contributed by atoms with Crippen LogP contribution in [-0.4, -0.2) is 23.0 Å². The minimum absolute atomic E-state index is 0.159. The molecular formula is C14H7ClF4N4O4S. The Hall–Kier alpha value is -2.93. The van der Waals surface area contributed by atoms with E-state index in [0.717, 1.165) is 13.1 Å². The summed E-state index contributed by atoms with van der Waals surface area (Å²) < 4.78 is 65.7. The van der Waals surface area contributed by atoms with Crippen molar-refractivity contribution in [3.8, 4) is 23.2 Å². The Morgan fingerprint density at radius 1 is 1.21 bits per heavy atom. The van der Waals surface area contributed by atoms with Gasteiger partial charge in [0.15, 0.2) is 5.75 Å². The van der Waals surface area contributed by atoms with Crippen LogP contribution in [0.3, 0.4) is 0 Å². The molecule has 2 aromatic heterocycles. The van der Waals surface area contributed by atoms with Crippen LogP contribution in [0.2, 0.25) is 5.02 Å². The lowest BCUT2D eigenvalue weighted by atomic mass is 10.2. The fraction of sp³-hybridized carbons (Fsp3) is 0.143. The smallest absolute Gasteiger partial charge is 0.431 e. The summed E-state index contributed by atoms with van der Waals surface area (Å²) in [5.74, 6) is -2.46. The van der Waals surface area contributed by atoms with E-state index in [4.69, 9.17) is 16.3 Å². The number of halogens is 5. The summed E-state index contributed by atoms with van der Waals surface area (Å²) in [6.07, 6.45) is -4.96. The van der Waals surface area contributed by atoms with Crippen LogP contribution in [0.15, 0.2) is 27.8 Å². The second-order valence-electron chi connectivity index (χ2n) is 5.27. The molecule has 3 aromatic rings. The van der Waals surface area contributed by atoms with Gasteiger partial charge in [-0.1, -0.05) is 11.6 Å². The van der Waals surface area contributed by atoms with E-state index in [9.17, 15) is 32.3 Å². The molecule has 0 aliphatic carbocycles. The number of benzene rings is 1. The van der Waals surface area contributed by atoms with Gasteiger partial charge in [-0.3, -0.25) is 9.36 Å². The maximum atomic E-state index is 14.4. The average molecular weight is 439 g/mol. The monoisotopic (exact) mass is 438 g/mol. The first kappa shape index (κ1) is 19.8. The maximum Gasteiger partial charge on any atom is 0.431 e. The number of aromatic hydroxyl groups is 1. The summed E-state index contributed by atoms with van der Waals surface area (Å²) in [6, 6.07) is 1.66. The first-order valence-electron chi connectivity index (χ1n) is 7.09. The van der Waals surface area contributed by atoms with Gasteiger partial charge in [0.2, 0.25) is 0 Å². The molecule has 0 amide bonds. The molecule has 0 saturated carbocycles.